The number of benzene rings is 1. The molecule has 0 radical (unpaired) electrons. The van der Waals surface area contributed by atoms with Gasteiger partial charge in [0.2, 0.25) is 0 Å². The Morgan fingerprint density at radius 1 is 1.26 bits per heavy atom. The maximum atomic E-state index is 3.86. The summed E-state index contributed by atoms with van der Waals surface area (Å²) in [5.41, 5.74) is 3.41. The molecule has 0 amide bonds. The number of hydrogen-bond donors (Lipinski definition) is 1. The Kier molecular flexibility index (Phi) is 4.35. The molecular formula is C18H29N. The Morgan fingerprint density at radius 3 is 2.53 bits per heavy atom. The summed E-state index contributed by atoms with van der Waals surface area (Å²) in [4.78, 5) is 0. The van der Waals surface area contributed by atoms with Crippen LogP contribution in [-0.2, 0) is 6.42 Å². The molecule has 2 rings (SSSR count). The van der Waals surface area contributed by atoms with E-state index in [2.05, 4.69) is 64.2 Å². The number of hydrogen-bond acceptors (Lipinski definition) is 1. The maximum absolute atomic E-state index is 3.86. The van der Waals surface area contributed by atoms with Crippen molar-refractivity contribution >= 4 is 0 Å². The van der Waals surface area contributed by atoms with Crippen LogP contribution in [0.15, 0.2) is 24.3 Å². The van der Waals surface area contributed by atoms with Gasteiger partial charge in [-0.15, -0.1) is 0 Å². The van der Waals surface area contributed by atoms with Crippen molar-refractivity contribution in [2.75, 3.05) is 0 Å². The lowest BCUT2D eigenvalue weighted by atomic mass is 9.91. The third-order valence-corrected chi connectivity index (χ3v) is 4.62. The molecule has 1 fully saturated rings. The Balaban J connectivity index is 1.92. The molecule has 1 nitrogen and oxygen atoms in total. The summed E-state index contributed by atoms with van der Waals surface area (Å²) < 4.78 is 0. The molecule has 1 heteroatoms. The second-order valence-electron chi connectivity index (χ2n) is 7.35. The van der Waals surface area contributed by atoms with Crippen molar-refractivity contribution in [1.29, 1.82) is 0 Å². The fourth-order valence-electron chi connectivity index (χ4n) is 3.71. The molecule has 106 valence electrons. The Bertz CT molecular complexity index is 421. The van der Waals surface area contributed by atoms with Crippen LogP contribution in [0.2, 0.25) is 0 Å². The van der Waals surface area contributed by atoms with Crippen molar-refractivity contribution < 1.29 is 0 Å². The second-order valence-corrected chi connectivity index (χ2v) is 7.35. The van der Waals surface area contributed by atoms with Crippen molar-refractivity contribution in [3.63, 3.8) is 0 Å². The van der Waals surface area contributed by atoms with Gasteiger partial charge in [-0.25, -0.2) is 0 Å². The molecule has 1 aromatic rings. The lowest BCUT2D eigenvalue weighted by Gasteiger charge is -2.24. The Labute approximate surface area is 118 Å². The highest BCUT2D eigenvalue weighted by Crippen LogP contribution is 2.41. The van der Waals surface area contributed by atoms with Gasteiger partial charge in [0.1, 0.15) is 0 Å². The molecule has 1 aromatic carbocycles. The maximum Gasteiger partial charge on any atom is 0.0101 e. The van der Waals surface area contributed by atoms with Gasteiger partial charge in [-0.3, -0.25) is 0 Å². The smallest absolute Gasteiger partial charge is 0.0101 e. The molecule has 0 aromatic heterocycles. The molecule has 1 N–H and O–H groups in total. The average molecular weight is 259 g/mol. The van der Waals surface area contributed by atoms with Gasteiger partial charge in [0, 0.05) is 12.1 Å². The summed E-state index contributed by atoms with van der Waals surface area (Å²) in [7, 11) is 0. The van der Waals surface area contributed by atoms with Crippen molar-refractivity contribution in [1.82, 2.24) is 5.32 Å². The van der Waals surface area contributed by atoms with Crippen molar-refractivity contribution in [2.45, 2.75) is 66.0 Å². The summed E-state index contributed by atoms with van der Waals surface area (Å²) in [6.45, 7) is 11.7. The molecule has 1 aliphatic carbocycles. The summed E-state index contributed by atoms with van der Waals surface area (Å²) in [6, 6.07) is 9.99. The lowest BCUT2D eigenvalue weighted by Crippen LogP contribution is -2.39. The topological polar surface area (TPSA) is 12.0 Å². The molecule has 0 saturated heterocycles. The van der Waals surface area contributed by atoms with E-state index in [-0.39, 0.29) is 0 Å². The SMILES string of the molecule is Cc1ccccc1CC(C)NC1CC(C)(C)CC1C. The number of rotatable bonds is 4. The van der Waals surface area contributed by atoms with Crippen LogP contribution in [0.1, 0.15) is 51.7 Å². The highest BCUT2D eigenvalue weighted by Gasteiger charge is 2.36. The zero-order valence-electron chi connectivity index (χ0n) is 13.2. The largest absolute Gasteiger partial charge is 0.311 e. The fraction of sp³-hybridized carbons (Fsp3) is 0.667. The van der Waals surface area contributed by atoms with E-state index in [1.165, 1.54) is 24.0 Å². The quantitative estimate of drug-likeness (QED) is 0.848. The first-order valence-electron chi connectivity index (χ1n) is 7.68. The van der Waals surface area contributed by atoms with E-state index in [0.29, 0.717) is 17.5 Å². The van der Waals surface area contributed by atoms with E-state index >= 15 is 0 Å². The standard InChI is InChI=1S/C18H29N/c1-13-8-6-7-9-16(13)10-15(3)19-17-12-18(4,5)11-14(17)2/h6-9,14-15,17,19H,10-12H2,1-5H3. The van der Waals surface area contributed by atoms with E-state index < -0.39 is 0 Å². The van der Waals surface area contributed by atoms with E-state index in [1.807, 2.05) is 0 Å². The highest BCUT2D eigenvalue weighted by molar-refractivity contribution is 5.26. The Morgan fingerprint density at radius 2 is 1.95 bits per heavy atom. The monoisotopic (exact) mass is 259 g/mol. The summed E-state index contributed by atoms with van der Waals surface area (Å²) in [6.07, 6.45) is 3.80. The van der Waals surface area contributed by atoms with Crippen LogP contribution < -0.4 is 5.32 Å². The molecule has 0 spiro atoms. The summed E-state index contributed by atoms with van der Waals surface area (Å²) >= 11 is 0. The average Bonchev–Trinajstić information content (AvgIpc) is 2.55. The van der Waals surface area contributed by atoms with Gasteiger partial charge in [-0.05, 0) is 55.6 Å². The fourth-order valence-corrected chi connectivity index (χ4v) is 3.71. The van der Waals surface area contributed by atoms with Crippen LogP contribution in [0.5, 0.6) is 0 Å². The second kappa shape index (κ2) is 5.66. The first-order chi connectivity index (χ1) is 8.87. The molecule has 3 atom stereocenters. The molecule has 0 heterocycles. The van der Waals surface area contributed by atoms with Gasteiger partial charge in [-0.2, -0.15) is 0 Å². The minimum Gasteiger partial charge on any atom is -0.311 e. The minimum absolute atomic E-state index is 0.513. The van der Waals surface area contributed by atoms with Crippen molar-refractivity contribution in [3.8, 4) is 0 Å². The van der Waals surface area contributed by atoms with E-state index in [1.54, 1.807) is 0 Å². The minimum atomic E-state index is 0.513. The predicted octanol–water partition coefficient (Wildman–Crippen LogP) is 4.34. The summed E-state index contributed by atoms with van der Waals surface area (Å²) in [5, 5.41) is 3.86. The zero-order chi connectivity index (χ0) is 14.0. The third-order valence-electron chi connectivity index (χ3n) is 4.62. The Hall–Kier alpha value is -0.820. The lowest BCUT2D eigenvalue weighted by molar-refractivity contribution is 0.354. The van der Waals surface area contributed by atoms with Gasteiger partial charge in [0.05, 0.1) is 0 Å². The number of nitrogens with one attached hydrogen (secondary N) is 1. The molecule has 1 saturated carbocycles. The van der Waals surface area contributed by atoms with Crippen LogP contribution in [0.25, 0.3) is 0 Å². The van der Waals surface area contributed by atoms with Gasteiger partial charge < -0.3 is 5.32 Å². The van der Waals surface area contributed by atoms with E-state index in [0.717, 1.165) is 12.3 Å². The van der Waals surface area contributed by atoms with Crippen LogP contribution in [0.3, 0.4) is 0 Å². The number of aryl methyl sites for hydroxylation is 1. The van der Waals surface area contributed by atoms with Gasteiger partial charge in [0.25, 0.3) is 0 Å². The van der Waals surface area contributed by atoms with Crippen LogP contribution in [-0.4, -0.2) is 12.1 Å². The molecule has 0 aliphatic heterocycles. The molecule has 1 aliphatic rings. The molecule has 19 heavy (non-hydrogen) atoms. The first-order valence-corrected chi connectivity index (χ1v) is 7.68. The van der Waals surface area contributed by atoms with Crippen LogP contribution >= 0.6 is 0 Å². The van der Waals surface area contributed by atoms with Crippen LogP contribution in [0.4, 0.5) is 0 Å². The third kappa shape index (κ3) is 3.82. The molecule has 3 unspecified atom stereocenters. The van der Waals surface area contributed by atoms with E-state index in [4.69, 9.17) is 0 Å². The first kappa shape index (κ1) is 14.6. The van der Waals surface area contributed by atoms with Gasteiger partial charge in [-0.1, -0.05) is 45.0 Å². The molecule has 0 bridgehead atoms. The summed E-state index contributed by atoms with van der Waals surface area (Å²) in [5.74, 6) is 0.800. The van der Waals surface area contributed by atoms with Crippen molar-refractivity contribution in [3.05, 3.63) is 35.4 Å². The predicted molar refractivity (Wildman–Crippen MR) is 83.4 cm³/mol. The van der Waals surface area contributed by atoms with Crippen molar-refractivity contribution in [2.24, 2.45) is 11.3 Å². The van der Waals surface area contributed by atoms with E-state index in [9.17, 15) is 0 Å². The molecular weight excluding hydrogens is 230 g/mol. The van der Waals surface area contributed by atoms with Gasteiger partial charge in [0.15, 0.2) is 0 Å². The zero-order valence-corrected chi connectivity index (χ0v) is 13.2. The van der Waals surface area contributed by atoms with Gasteiger partial charge >= 0.3 is 0 Å². The normalized spacial score (nSPS) is 27.4. The van der Waals surface area contributed by atoms with Crippen LogP contribution in [0, 0.1) is 18.3 Å². The highest BCUT2D eigenvalue weighted by atomic mass is 15.0.